The van der Waals surface area contributed by atoms with Crippen molar-refractivity contribution in [2.75, 3.05) is 0 Å². The van der Waals surface area contributed by atoms with E-state index in [1.807, 2.05) is 13.8 Å². The summed E-state index contributed by atoms with van der Waals surface area (Å²) >= 11 is 0. The number of rotatable bonds is 6. The van der Waals surface area contributed by atoms with Gasteiger partial charge in [0.1, 0.15) is 5.69 Å². The van der Waals surface area contributed by atoms with Gasteiger partial charge < -0.3 is 9.73 Å². The second-order valence-corrected chi connectivity index (χ2v) is 5.55. The van der Waals surface area contributed by atoms with Gasteiger partial charge in [0, 0.05) is 6.07 Å². The fourth-order valence-corrected chi connectivity index (χ4v) is 2.18. The molecule has 3 heterocycles. The van der Waals surface area contributed by atoms with Crippen LogP contribution in [0.15, 0.2) is 41.3 Å². The third-order valence-electron chi connectivity index (χ3n) is 3.54. The van der Waals surface area contributed by atoms with Crippen molar-refractivity contribution in [3.05, 3.63) is 42.5 Å². The van der Waals surface area contributed by atoms with Crippen LogP contribution in [0.2, 0.25) is 0 Å². The number of nitrogens with one attached hydrogen (secondary N) is 2. The lowest BCUT2D eigenvalue weighted by Crippen LogP contribution is -2.42. The van der Waals surface area contributed by atoms with Crippen LogP contribution in [0.4, 0.5) is 0 Å². The number of amides is 1. The number of H-pyrrole nitrogens is 1. The van der Waals surface area contributed by atoms with Crippen molar-refractivity contribution >= 4 is 5.91 Å². The number of hydrogen-bond acceptors (Lipinski definition) is 5. The molecule has 3 aromatic rings. The van der Waals surface area contributed by atoms with Gasteiger partial charge in [-0.3, -0.25) is 9.89 Å². The molecule has 0 spiro atoms. The lowest BCUT2D eigenvalue weighted by Gasteiger charge is -2.21. The second kappa shape index (κ2) is 6.47. The highest BCUT2D eigenvalue weighted by Crippen LogP contribution is 2.18. The van der Waals surface area contributed by atoms with E-state index in [4.69, 9.17) is 4.42 Å². The summed E-state index contributed by atoms with van der Waals surface area (Å²) < 4.78 is 5.28. The molecule has 8 nitrogen and oxygen atoms in total. The van der Waals surface area contributed by atoms with Crippen molar-refractivity contribution in [3.63, 3.8) is 0 Å². The second-order valence-electron chi connectivity index (χ2n) is 5.55. The fourth-order valence-electron chi connectivity index (χ4n) is 2.18. The lowest BCUT2D eigenvalue weighted by molar-refractivity contribution is 0.0912. The average molecular weight is 314 g/mol. The summed E-state index contributed by atoms with van der Waals surface area (Å²) in [6, 6.07) is 5.15. The van der Waals surface area contributed by atoms with E-state index in [2.05, 4.69) is 25.7 Å². The summed E-state index contributed by atoms with van der Waals surface area (Å²) in [5.41, 5.74) is 0.977. The lowest BCUT2D eigenvalue weighted by atomic mass is 10.0. The minimum absolute atomic E-state index is 0.0985. The molecule has 120 valence electrons. The number of hydrogen-bond donors (Lipinski definition) is 2. The molecule has 0 aliphatic heterocycles. The third-order valence-corrected chi connectivity index (χ3v) is 3.54. The first kappa shape index (κ1) is 15.0. The number of aromatic nitrogens is 5. The number of furan rings is 1. The number of carbonyl (C=O) groups is 1. The SMILES string of the molecule is CC(C)C(Cn1nccn1)NC(=O)c1cc(-c2ccco2)[nH]n1. The molecular weight excluding hydrogens is 296 g/mol. The zero-order valence-electron chi connectivity index (χ0n) is 12.9. The molecule has 3 rings (SSSR count). The first-order valence-corrected chi connectivity index (χ1v) is 7.37. The van der Waals surface area contributed by atoms with E-state index in [-0.39, 0.29) is 17.9 Å². The van der Waals surface area contributed by atoms with Crippen LogP contribution >= 0.6 is 0 Å². The number of aromatic amines is 1. The highest BCUT2D eigenvalue weighted by atomic mass is 16.3. The summed E-state index contributed by atoms with van der Waals surface area (Å²) in [7, 11) is 0. The Labute approximate surface area is 132 Å². The minimum atomic E-state index is -0.245. The Morgan fingerprint density at radius 3 is 2.83 bits per heavy atom. The van der Waals surface area contributed by atoms with Crippen LogP contribution in [0.1, 0.15) is 24.3 Å². The molecule has 1 amide bonds. The highest BCUT2D eigenvalue weighted by Gasteiger charge is 2.20. The number of carbonyl (C=O) groups excluding carboxylic acids is 1. The Balaban J connectivity index is 1.69. The van der Waals surface area contributed by atoms with Gasteiger partial charge in [0.05, 0.1) is 31.2 Å². The summed E-state index contributed by atoms with van der Waals surface area (Å²) in [5.74, 6) is 0.621. The van der Waals surface area contributed by atoms with E-state index in [0.717, 1.165) is 0 Å². The first-order valence-electron chi connectivity index (χ1n) is 7.37. The predicted octanol–water partition coefficient (Wildman–Crippen LogP) is 1.72. The van der Waals surface area contributed by atoms with Crippen LogP contribution in [0.3, 0.4) is 0 Å². The molecule has 0 bridgehead atoms. The van der Waals surface area contributed by atoms with Crippen LogP contribution in [-0.4, -0.2) is 37.1 Å². The fraction of sp³-hybridized carbons (Fsp3) is 0.333. The van der Waals surface area contributed by atoms with Crippen LogP contribution in [0.25, 0.3) is 11.5 Å². The van der Waals surface area contributed by atoms with Crippen LogP contribution in [0.5, 0.6) is 0 Å². The average Bonchev–Trinajstić information content (AvgIpc) is 3.27. The molecular formula is C15H18N6O2. The Bertz CT molecular complexity index is 745. The van der Waals surface area contributed by atoms with Crippen molar-refractivity contribution < 1.29 is 9.21 Å². The minimum Gasteiger partial charge on any atom is -0.463 e. The Morgan fingerprint density at radius 2 is 2.17 bits per heavy atom. The predicted molar refractivity (Wildman–Crippen MR) is 82.4 cm³/mol. The van der Waals surface area contributed by atoms with Gasteiger partial charge in [0.2, 0.25) is 0 Å². The Kier molecular flexibility index (Phi) is 4.22. The van der Waals surface area contributed by atoms with E-state index in [1.165, 1.54) is 0 Å². The maximum atomic E-state index is 12.4. The van der Waals surface area contributed by atoms with Crippen molar-refractivity contribution in [1.82, 2.24) is 30.5 Å². The molecule has 8 heteroatoms. The van der Waals surface area contributed by atoms with Crippen molar-refractivity contribution in [1.29, 1.82) is 0 Å². The normalized spacial score (nSPS) is 12.5. The number of nitrogens with zero attached hydrogens (tertiary/aromatic N) is 4. The van der Waals surface area contributed by atoms with Crippen molar-refractivity contribution in [2.24, 2.45) is 5.92 Å². The summed E-state index contributed by atoms with van der Waals surface area (Å²) in [6.07, 6.45) is 4.80. The molecule has 0 saturated heterocycles. The summed E-state index contributed by atoms with van der Waals surface area (Å²) in [5, 5.41) is 18.0. The molecule has 0 aromatic carbocycles. The van der Waals surface area contributed by atoms with E-state index in [1.54, 1.807) is 41.7 Å². The molecule has 0 saturated carbocycles. The molecule has 0 radical (unpaired) electrons. The third kappa shape index (κ3) is 3.47. The largest absolute Gasteiger partial charge is 0.463 e. The quantitative estimate of drug-likeness (QED) is 0.721. The first-order chi connectivity index (χ1) is 11.1. The highest BCUT2D eigenvalue weighted by molar-refractivity contribution is 5.93. The molecule has 0 aliphatic rings. The monoisotopic (exact) mass is 314 g/mol. The van der Waals surface area contributed by atoms with E-state index in [0.29, 0.717) is 23.7 Å². The zero-order valence-corrected chi connectivity index (χ0v) is 12.9. The molecule has 2 N–H and O–H groups in total. The Morgan fingerprint density at radius 1 is 1.39 bits per heavy atom. The standard InChI is InChI=1S/C15H18N6O2/c1-10(2)13(9-21-16-5-6-17-21)18-15(22)12-8-11(19-20-12)14-4-3-7-23-14/h3-8,10,13H,9H2,1-2H3,(H,18,22)(H,19,20). The topological polar surface area (TPSA) is 102 Å². The van der Waals surface area contributed by atoms with Crippen LogP contribution in [0, 0.1) is 5.92 Å². The molecule has 0 fully saturated rings. The van der Waals surface area contributed by atoms with Gasteiger partial charge in [-0.2, -0.15) is 20.1 Å². The van der Waals surface area contributed by atoms with Gasteiger partial charge in [-0.15, -0.1) is 0 Å². The Hall–Kier alpha value is -2.90. The molecule has 23 heavy (non-hydrogen) atoms. The zero-order chi connectivity index (χ0) is 16.2. The van der Waals surface area contributed by atoms with Crippen LogP contribution in [-0.2, 0) is 6.54 Å². The van der Waals surface area contributed by atoms with E-state index < -0.39 is 0 Å². The van der Waals surface area contributed by atoms with Crippen molar-refractivity contribution in [3.8, 4) is 11.5 Å². The molecule has 3 aromatic heterocycles. The van der Waals surface area contributed by atoms with E-state index in [9.17, 15) is 4.79 Å². The molecule has 0 aliphatic carbocycles. The van der Waals surface area contributed by atoms with Gasteiger partial charge in [0.25, 0.3) is 5.91 Å². The smallest absolute Gasteiger partial charge is 0.272 e. The summed E-state index contributed by atoms with van der Waals surface area (Å²) in [4.78, 5) is 14.0. The molecule has 1 unspecified atom stereocenters. The van der Waals surface area contributed by atoms with Gasteiger partial charge in [-0.05, 0) is 18.1 Å². The maximum absolute atomic E-state index is 12.4. The van der Waals surface area contributed by atoms with Gasteiger partial charge in [0.15, 0.2) is 11.5 Å². The molecule has 1 atom stereocenters. The summed E-state index contributed by atoms with van der Waals surface area (Å²) in [6.45, 7) is 4.58. The van der Waals surface area contributed by atoms with Gasteiger partial charge >= 0.3 is 0 Å². The van der Waals surface area contributed by atoms with Crippen LogP contribution < -0.4 is 5.32 Å². The maximum Gasteiger partial charge on any atom is 0.272 e. The van der Waals surface area contributed by atoms with Crippen molar-refractivity contribution in [2.45, 2.75) is 26.4 Å². The van der Waals surface area contributed by atoms with Gasteiger partial charge in [-0.25, -0.2) is 0 Å². The van der Waals surface area contributed by atoms with E-state index >= 15 is 0 Å². The van der Waals surface area contributed by atoms with Gasteiger partial charge in [-0.1, -0.05) is 13.8 Å².